The van der Waals surface area contributed by atoms with Crippen LogP contribution in [0.25, 0.3) is 0 Å². The van der Waals surface area contributed by atoms with Crippen LogP contribution in [-0.2, 0) is 13.0 Å². The van der Waals surface area contributed by atoms with E-state index in [0.29, 0.717) is 5.88 Å². The molecule has 1 nitrogen and oxygen atoms in total. The molecule has 0 aliphatic heterocycles. The molecule has 0 saturated carbocycles. The molecule has 0 spiro atoms. The van der Waals surface area contributed by atoms with Crippen molar-refractivity contribution in [3.63, 3.8) is 0 Å². The fraction of sp³-hybridized carbons (Fsp3) is 0.294. The standard InChI is InChI=1S/C17H20ClN/c1-13-3-4-16(11-14(13)2)12-19-17-7-5-15(6-8-17)9-10-18/h3-8,11,19H,9-10,12H2,1-2H3. The van der Waals surface area contributed by atoms with Gasteiger partial charge < -0.3 is 5.32 Å². The predicted octanol–water partition coefficient (Wildman–Crippen LogP) is 4.70. The highest BCUT2D eigenvalue weighted by Crippen LogP contribution is 2.14. The zero-order valence-corrected chi connectivity index (χ0v) is 12.3. The van der Waals surface area contributed by atoms with Gasteiger partial charge in [0.2, 0.25) is 0 Å². The van der Waals surface area contributed by atoms with E-state index in [1.807, 2.05) is 0 Å². The van der Waals surface area contributed by atoms with E-state index in [4.69, 9.17) is 11.6 Å². The van der Waals surface area contributed by atoms with Crippen LogP contribution in [0.3, 0.4) is 0 Å². The number of benzene rings is 2. The van der Waals surface area contributed by atoms with Crippen molar-refractivity contribution in [3.05, 3.63) is 64.7 Å². The van der Waals surface area contributed by atoms with E-state index >= 15 is 0 Å². The minimum absolute atomic E-state index is 0.676. The molecule has 0 radical (unpaired) electrons. The molecule has 2 aromatic rings. The Morgan fingerprint density at radius 2 is 1.58 bits per heavy atom. The Kier molecular flexibility index (Phi) is 4.86. The molecule has 19 heavy (non-hydrogen) atoms. The minimum Gasteiger partial charge on any atom is -0.381 e. The molecule has 0 atom stereocenters. The number of alkyl halides is 1. The van der Waals surface area contributed by atoms with Gasteiger partial charge in [-0.2, -0.15) is 0 Å². The van der Waals surface area contributed by atoms with Gasteiger partial charge >= 0.3 is 0 Å². The molecule has 0 fully saturated rings. The summed E-state index contributed by atoms with van der Waals surface area (Å²) in [5.74, 6) is 0.676. The predicted molar refractivity (Wildman–Crippen MR) is 84.1 cm³/mol. The highest BCUT2D eigenvalue weighted by Gasteiger charge is 1.98. The summed E-state index contributed by atoms with van der Waals surface area (Å²) in [5.41, 5.74) is 6.43. The van der Waals surface area contributed by atoms with Gasteiger partial charge in [-0.1, -0.05) is 30.3 Å². The number of halogens is 1. The van der Waals surface area contributed by atoms with Crippen LogP contribution < -0.4 is 5.32 Å². The summed E-state index contributed by atoms with van der Waals surface area (Å²) in [7, 11) is 0. The lowest BCUT2D eigenvalue weighted by Crippen LogP contribution is -2.00. The monoisotopic (exact) mass is 273 g/mol. The molecular weight excluding hydrogens is 254 g/mol. The van der Waals surface area contributed by atoms with E-state index in [1.54, 1.807) is 0 Å². The average Bonchev–Trinajstić information content (AvgIpc) is 2.42. The first-order valence-corrected chi connectivity index (χ1v) is 7.17. The lowest BCUT2D eigenvalue weighted by atomic mass is 10.1. The van der Waals surface area contributed by atoms with Crippen LogP contribution >= 0.6 is 11.6 Å². The smallest absolute Gasteiger partial charge is 0.0400 e. The fourth-order valence-corrected chi connectivity index (χ4v) is 2.23. The van der Waals surface area contributed by atoms with E-state index in [1.165, 1.54) is 22.3 Å². The van der Waals surface area contributed by atoms with E-state index in [9.17, 15) is 0 Å². The van der Waals surface area contributed by atoms with Gasteiger partial charge in [0.05, 0.1) is 0 Å². The number of anilines is 1. The SMILES string of the molecule is Cc1ccc(CNc2ccc(CCCl)cc2)cc1C. The first-order chi connectivity index (χ1) is 9.19. The van der Waals surface area contributed by atoms with Gasteiger partial charge in [-0.05, 0) is 54.7 Å². The van der Waals surface area contributed by atoms with Crippen LogP contribution in [0, 0.1) is 13.8 Å². The third-order valence-corrected chi connectivity index (χ3v) is 3.59. The molecule has 0 heterocycles. The van der Waals surface area contributed by atoms with E-state index in [-0.39, 0.29) is 0 Å². The van der Waals surface area contributed by atoms with Crippen LogP contribution in [0.1, 0.15) is 22.3 Å². The summed E-state index contributed by atoms with van der Waals surface area (Å²) >= 11 is 5.73. The van der Waals surface area contributed by atoms with Gasteiger partial charge in [0.25, 0.3) is 0 Å². The summed E-state index contributed by atoms with van der Waals surface area (Å²) < 4.78 is 0. The molecule has 0 bridgehead atoms. The zero-order chi connectivity index (χ0) is 13.7. The van der Waals surface area contributed by atoms with Crippen LogP contribution in [0.4, 0.5) is 5.69 Å². The Morgan fingerprint density at radius 3 is 2.21 bits per heavy atom. The molecule has 0 aliphatic carbocycles. The molecule has 0 aliphatic rings. The Hall–Kier alpha value is -1.47. The van der Waals surface area contributed by atoms with Crippen LogP contribution in [0.2, 0.25) is 0 Å². The summed E-state index contributed by atoms with van der Waals surface area (Å²) in [5, 5.41) is 3.44. The van der Waals surface area contributed by atoms with E-state index < -0.39 is 0 Å². The molecule has 1 N–H and O–H groups in total. The second kappa shape index (κ2) is 6.63. The molecule has 0 amide bonds. The lowest BCUT2D eigenvalue weighted by molar-refractivity contribution is 1.12. The number of hydrogen-bond acceptors (Lipinski definition) is 1. The summed E-state index contributed by atoms with van der Waals surface area (Å²) in [6.45, 7) is 5.15. The van der Waals surface area contributed by atoms with Gasteiger partial charge in [-0.25, -0.2) is 0 Å². The van der Waals surface area contributed by atoms with Gasteiger partial charge in [0, 0.05) is 18.1 Å². The lowest BCUT2D eigenvalue weighted by Gasteiger charge is -2.09. The maximum atomic E-state index is 5.73. The average molecular weight is 274 g/mol. The van der Waals surface area contributed by atoms with Crippen molar-refractivity contribution in [3.8, 4) is 0 Å². The molecule has 2 heteroatoms. The van der Waals surface area contributed by atoms with Crippen LogP contribution in [-0.4, -0.2) is 5.88 Å². The van der Waals surface area contributed by atoms with Crippen molar-refractivity contribution in [2.24, 2.45) is 0 Å². The number of hydrogen-bond donors (Lipinski definition) is 1. The number of rotatable bonds is 5. The van der Waals surface area contributed by atoms with Gasteiger partial charge in [0.15, 0.2) is 0 Å². The van der Waals surface area contributed by atoms with Crippen molar-refractivity contribution < 1.29 is 0 Å². The quantitative estimate of drug-likeness (QED) is 0.779. The summed E-state index contributed by atoms with van der Waals surface area (Å²) in [4.78, 5) is 0. The molecule has 0 aromatic heterocycles. The minimum atomic E-state index is 0.676. The van der Waals surface area contributed by atoms with Crippen molar-refractivity contribution in [1.29, 1.82) is 0 Å². The van der Waals surface area contributed by atoms with Crippen molar-refractivity contribution in [2.75, 3.05) is 11.2 Å². The van der Waals surface area contributed by atoms with Gasteiger partial charge in [0.1, 0.15) is 0 Å². The van der Waals surface area contributed by atoms with Crippen molar-refractivity contribution >= 4 is 17.3 Å². The Balaban J connectivity index is 1.96. The van der Waals surface area contributed by atoms with E-state index in [2.05, 4.69) is 61.6 Å². The van der Waals surface area contributed by atoms with Gasteiger partial charge in [-0.3, -0.25) is 0 Å². The molecule has 2 rings (SSSR count). The summed E-state index contributed by atoms with van der Waals surface area (Å²) in [6, 6.07) is 15.1. The van der Waals surface area contributed by atoms with Crippen LogP contribution in [0.15, 0.2) is 42.5 Å². The Bertz CT molecular complexity index is 531. The maximum absolute atomic E-state index is 5.73. The third-order valence-electron chi connectivity index (χ3n) is 3.41. The highest BCUT2D eigenvalue weighted by atomic mass is 35.5. The first kappa shape index (κ1) is 14.0. The Labute approximate surface area is 120 Å². The first-order valence-electron chi connectivity index (χ1n) is 6.64. The normalized spacial score (nSPS) is 10.5. The third kappa shape index (κ3) is 4.00. The second-order valence-corrected chi connectivity index (χ2v) is 5.29. The number of aryl methyl sites for hydroxylation is 3. The van der Waals surface area contributed by atoms with Crippen molar-refractivity contribution in [2.45, 2.75) is 26.8 Å². The maximum Gasteiger partial charge on any atom is 0.0400 e. The molecule has 0 saturated heterocycles. The Morgan fingerprint density at radius 1 is 0.895 bits per heavy atom. The zero-order valence-electron chi connectivity index (χ0n) is 11.5. The highest BCUT2D eigenvalue weighted by molar-refractivity contribution is 6.17. The second-order valence-electron chi connectivity index (χ2n) is 4.91. The van der Waals surface area contributed by atoms with E-state index in [0.717, 1.165) is 18.7 Å². The topological polar surface area (TPSA) is 12.0 Å². The molecule has 0 unspecified atom stereocenters. The summed E-state index contributed by atoms with van der Waals surface area (Å²) in [6.07, 6.45) is 0.930. The largest absolute Gasteiger partial charge is 0.381 e. The molecule has 100 valence electrons. The van der Waals surface area contributed by atoms with Crippen LogP contribution in [0.5, 0.6) is 0 Å². The fourth-order valence-electron chi connectivity index (χ4n) is 2.02. The number of nitrogens with one attached hydrogen (secondary N) is 1. The molecular formula is C17H20ClN. The van der Waals surface area contributed by atoms with Gasteiger partial charge in [-0.15, -0.1) is 11.6 Å². The van der Waals surface area contributed by atoms with Crippen molar-refractivity contribution in [1.82, 2.24) is 0 Å². The molecule has 2 aromatic carbocycles.